The van der Waals surface area contributed by atoms with Crippen molar-refractivity contribution < 1.29 is 4.74 Å². The van der Waals surface area contributed by atoms with Crippen LogP contribution < -0.4 is 11.1 Å². The lowest BCUT2D eigenvalue weighted by Gasteiger charge is -2.31. The van der Waals surface area contributed by atoms with Crippen molar-refractivity contribution in [3.8, 4) is 0 Å². The molecule has 1 atom stereocenters. The lowest BCUT2D eigenvalue weighted by molar-refractivity contribution is 0.176. The third kappa shape index (κ3) is 5.81. The largest absolute Gasteiger partial charge is 0.380 e. The number of nitrogens with zero attached hydrogens (tertiary/aromatic N) is 2. The van der Waals surface area contributed by atoms with E-state index in [1.165, 1.54) is 37.1 Å². The maximum atomic E-state index is 6.16. The number of ether oxygens (including phenoxy) is 1. The van der Waals surface area contributed by atoms with Gasteiger partial charge < -0.3 is 15.8 Å². The molecule has 0 aromatic heterocycles. The number of hydrogen-bond donors (Lipinski definition) is 2. The molecule has 3 N–H and O–H groups in total. The summed E-state index contributed by atoms with van der Waals surface area (Å²) in [6.07, 6.45) is 2.63. The molecule has 1 heterocycles. The first-order valence-corrected chi connectivity index (χ1v) is 10.1. The number of anilines is 1. The highest BCUT2D eigenvalue weighted by atomic mass is 16.5. The highest BCUT2D eigenvalue weighted by Crippen LogP contribution is 2.20. The van der Waals surface area contributed by atoms with Crippen molar-refractivity contribution >= 4 is 11.6 Å². The molecule has 1 fully saturated rings. The molecule has 3 rings (SSSR count). The lowest BCUT2D eigenvalue weighted by atomic mass is 9.99. The number of nitrogens with one attached hydrogen (secondary N) is 1. The van der Waals surface area contributed by atoms with E-state index in [0.717, 1.165) is 23.7 Å². The van der Waals surface area contributed by atoms with Gasteiger partial charge in [0.2, 0.25) is 0 Å². The summed E-state index contributed by atoms with van der Waals surface area (Å²) in [6, 6.07) is 16.5. The smallest absolute Gasteiger partial charge is 0.193 e. The maximum absolute atomic E-state index is 6.16. The fourth-order valence-electron chi connectivity index (χ4n) is 3.81. The molecule has 1 aliphatic rings. The van der Waals surface area contributed by atoms with Crippen LogP contribution in [0.15, 0.2) is 53.5 Å². The molecule has 1 aliphatic heterocycles. The zero-order valence-corrected chi connectivity index (χ0v) is 17.0. The highest BCUT2D eigenvalue weighted by molar-refractivity contribution is 5.92. The number of benzene rings is 2. The number of hydrogen-bond acceptors (Lipinski definition) is 3. The first kappa shape index (κ1) is 20.4. The Balaban J connectivity index is 1.65. The first-order valence-electron chi connectivity index (χ1n) is 10.1. The summed E-state index contributed by atoms with van der Waals surface area (Å²) >= 11 is 0. The molecule has 5 heteroatoms. The van der Waals surface area contributed by atoms with E-state index in [2.05, 4.69) is 46.4 Å². The fraction of sp³-hybridized carbons (Fsp3) is 0.435. The van der Waals surface area contributed by atoms with Gasteiger partial charge in [0, 0.05) is 31.5 Å². The number of methoxy groups -OCH3 is 1. The standard InChI is InChI=1S/C23H32N4O/c1-18-8-7-13-27(15-18)16-20-10-4-3-9-19(20)14-25-23(24)26-22-12-6-5-11-21(22)17-28-2/h3-6,9-12,18H,7-8,13-17H2,1-2H3,(H3,24,25,26). The number of aliphatic imine (C=N–C) groups is 1. The summed E-state index contributed by atoms with van der Waals surface area (Å²) in [5, 5.41) is 3.21. The number of nitrogens with two attached hydrogens (primary N) is 1. The summed E-state index contributed by atoms with van der Waals surface area (Å²) in [5.41, 5.74) is 10.7. The second kappa shape index (κ2) is 10.2. The predicted octanol–water partition coefficient (Wildman–Crippen LogP) is 3.99. The summed E-state index contributed by atoms with van der Waals surface area (Å²) in [6.45, 7) is 6.80. The number of likely N-dealkylation sites (tertiary alicyclic amines) is 1. The van der Waals surface area contributed by atoms with Crippen LogP contribution >= 0.6 is 0 Å². The Morgan fingerprint density at radius 2 is 1.86 bits per heavy atom. The van der Waals surface area contributed by atoms with Gasteiger partial charge in [0.25, 0.3) is 0 Å². The molecule has 1 unspecified atom stereocenters. The van der Waals surface area contributed by atoms with Crippen LogP contribution in [0.2, 0.25) is 0 Å². The quantitative estimate of drug-likeness (QED) is 0.563. The molecule has 0 spiro atoms. The van der Waals surface area contributed by atoms with Gasteiger partial charge in [-0.15, -0.1) is 0 Å². The minimum atomic E-state index is 0.421. The first-order chi connectivity index (χ1) is 13.7. The molecule has 0 aliphatic carbocycles. The van der Waals surface area contributed by atoms with Crippen molar-refractivity contribution in [1.82, 2.24) is 4.90 Å². The van der Waals surface area contributed by atoms with Gasteiger partial charge in [-0.2, -0.15) is 0 Å². The minimum absolute atomic E-state index is 0.421. The molecule has 0 bridgehead atoms. The van der Waals surface area contributed by atoms with Crippen molar-refractivity contribution in [2.75, 3.05) is 25.5 Å². The monoisotopic (exact) mass is 380 g/mol. The minimum Gasteiger partial charge on any atom is -0.380 e. The molecule has 150 valence electrons. The topological polar surface area (TPSA) is 62.9 Å². The molecule has 0 amide bonds. The van der Waals surface area contributed by atoms with Crippen LogP contribution in [0.1, 0.15) is 36.5 Å². The van der Waals surface area contributed by atoms with Gasteiger partial charge in [-0.25, -0.2) is 4.99 Å². The summed E-state index contributed by atoms with van der Waals surface area (Å²) in [7, 11) is 1.69. The van der Waals surface area contributed by atoms with E-state index in [1.807, 2.05) is 24.3 Å². The van der Waals surface area contributed by atoms with E-state index in [0.29, 0.717) is 19.1 Å². The van der Waals surface area contributed by atoms with E-state index in [9.17, 15) is 0 Å². The van der Waals surface area contributed by atoms with Gasteiger partial charge >= 0.3 is 0 Å². The van der Waals surface area contributed by atoms with Crippen LogP contribution in [0.5, 0.6) is 0 Å². The van der Waals surface area contributed by atoms with E-state index in [1.54, 1.807) is 7.11 Å². The van der Waals surface area contributed by atoms with Crippen molar-refractivity contribution in [1.29, 1.82) is 0 Å². The van der Waals surface area contributed by atoms with E-state index >= 15 is 0 Å². The number of guanidine groups is 1. The number of piperidine rings is 1. The van der Waals surface area contributed by atoms with E-state index in [-0.39, 0.29) is 0 Å². The van der Waals surface area contributed by atoms with Crippen molar-refractivity contribution in [3.63, 3.8) is 0 Å². The van der Waals surface area contributed by atoms with Gasteiger partial charge in [-0.05, 0) is 42.5 Å². The van der Waals surface area contributed by atoms with Crippen molar-refractivity contribution in [2.24, 2.45) is 16.6 Å². The highest BCUT2D eigenvalue weighted by Gasteiger charge is 2.17. The Bertz CT molecular complexity index is 790. The average molecular weight is 381 g/mol. The van der Waals surface area contributed by atoms with Crippen LogP contribution in [-0.2, 0) is 24.4 Å². The van der Waals surface area contributed by atoms with Crippen LogP contribution in [0.25, 0.3) is 0 Å². The second-order valence-corrected chi connectivity index (χ2v) is 7.67. The average Bonchev–Trinajstić information content (AvgIpc) is 2.69. The van der Waals surface area contributed by atoms with E-state index in [4.69, 9.17) is 10.5 Å². The van der Waals surface area contributed by atoms with Crippen LogP contribution in [0, 0.1) is 5.92 Å². The van der Waals surface area contributed by atoms with Gasteiger partial charge in [-0.3, -0.25) is 4.90 Å². The summed E-state index contributed by atoms with van der Waals surface area (Å²) < 4.78 is 5.25. The Morgan fingerprint density at radius 3 is 2.61 bits per heavy atom. The maximum Gasteiger partial charge on any atom is 0.193 e. The zero-order chi connectivity index (χ0) is 19.8. The Labute approximate surface area is 168 Å². The van der Waals surface area contributed by atoms with Gasteiger partial charge in [0.05, 0.1) is 13.2 Å². The van der Waals surface area contributed by atoms with Crippen LogP contribution in [0.3, 0.4) is 0 Å². The molecule has 0 radical (unpaired) electrons. The van der Waals surface area contributed by atoms with Gasteiger partial charge in [0.15, 0.2) is 5.96 Å². The van der Waals surface area contributed by atoms with Crippen LogP contribution in [-0.4, -0.2) is 31.1 Å². The van der Waals surface area contributed by atoms with Gasteiger partial charge in [-0.1, -0.05) is 49.4 Å². The van der Waals surface area contributed by atoms with E-state index < -0.39 is 0 Å². The fourth-order valence-corrected chi connectivity index (χ4v) is 3.81. The number of rotatable bonds is 7. The molecule has 2 aromatic carbocycles. The molecule has 0 saturated carbocycles. The molecule has 5 nitrogen and oxygen atoms in total. The predicted molar refractivity (Wildman–Crippen MR) is 116 cm³/mol. The third-order valence-electron chi connectivity index (χ3n) is 5.25. The third-order valence-corrected chi connectivity index (χ3v) is 5.25. The Morgan fingerprint density at radius 1 is 1.14 bits per heavy atom. The Kier molecular flexibility index (Phi) is 7.46. The molecule has 1 saturated heterocycles. The normalized spacial score (nSPS) is 18.2. The van der Waals surface area contributed by atoms with Crippen LogP contribution in [0.4, 0.5) is 5.69 Å². The van der Waals surface area contributed by atoms with Crippen molar-refractivity contribution in [2.45, 2.75) is 39.5 Å². The Hall–Kier alpha value is -2.37. The van der Waals surface area contributed by atoms with Crippen molar-refractivity contribution in [3.05, 3.63) is 65.2 Å². The molecule has 28 heavy (non-hydrogen) atoms. The zero-order valence-electron chi connectivity index (χ0n) is 17.0. The lowest BCUT2D eigenvalue weighted by Crippen LogP contribution is -2.34. The summed E-state index contributed by atoms with van der Waals surface area (Å²) in [5.74, 6) is 1.20. The van der Waals surface area contributed by atoms with Gasteiger partial charge in [0.1, 0.15) is 0 Å². The second-order valence-electron chi connectivity index (χ2n) is 7.67. The molecular formula is C23H32N4O. The summed E-state index contributed by atoms with van der Waals surface area (Å²) in [4.78, 5) is 7.14. The number of para-hydroxylation sites is 1. The molecular weight excluding hydrogens is 348 g/mol. The molecule has 2 aromatic rings. The SMILES string of the molecule is COCc1ccccc1NC(N)=NCc1ccccc1CN1CCCC(C)C1.